The summed E-state index contributed by atoms with van der Waals surface area (Å²) >= 11 is 0. The Kier molecular flexibility index (Phi) is 5.10. The normalized spacial score (nSPS) is 11.2. The van der Waals surface area contributed by atoms with Gasteiger partial charge in [-0.25, -0.2) is 0 Å². The van der Waals surface area contributed by atoms with Gasteiger partial charge in [-0.2, -0.15) is 0 Å². The maximum absolute atomic E-state index is 11.9. The van der Waals surface area contributed by atoms with Crippen molar-refractivity contribution in [3.8, 4) is 0 Å². The number of aliphatic hydroxyl groups is 1. The minimum absolute atomic E-state index is 0.0257. The fourth-order valence-corrected chi connectivity index (χ4v) is 1.72. The highest BCUT2D eigenvalue weighted by Gasteiger charge is 2.26. The summed E-state index contributed by atoms with van der Waals surface area (Å²) in [5.74, 6) is -0.0612. The van der Waals surface area contributed by atoms with E-state index in [2.05, 4.69) is 10.3 Å². The predicted molar refractivity (Wildman–Crippen MR) is 66.5 cm³/mol. The first-order valence-electron chi connectivity index (χ1n) is 5.96. The molecular formula is C13H20N2O2. The number of nitrogens with one attached hydrogen (secondary N) is 1. The first-order valence-corrected chi connectivity index (χ1v) is 5.96. The average molecular weight is 236 g/mol. The second-order valence-corrected chi connectivity index (χ2v) is 4.23. The zero-order valence-corrected chi connectivity index (χ0v) is 10.4. The van der Waals surface area contributed by atoms with E-state index >= 15 is 0 Å². The molecule has 1 aromatic rings. The van der Waals surface area contributed by atoms with Crippen LogP contribution >= 0.6 is 0 Å². The zero-order chi connectivity index (χ0) is 12.7. The molecular weight excluding hydrogens is 216 g/mol. The Morgan fingerprint density at radius 2 is 1.94 bits per heavy atom. The second kappa shape index (κ2) is 6.35. The number of carbonyl (C=O) groups is 1. The molecule has 0 aliphatic carbocycles. The Hall–Kier alpha value is -1.42. The number of aliphatic hydroxyl groups excluding tert-OH is 1. The summed E-state index contributed by atoms with van der Waals surface area (Å²) in [5, 5.41) is 12.3. The van der Waals surface area contributed by atoms with Gasteiger partial charge in [-0.15, -0.1) is 0 Å². The van der Waals surface area contributed by atoms with E-state index in [0.717, 1.165) is 18.4 Å². The smallest absolute Gasteiger partial charge is 0.224 e. The largest absolute Gasteiger partial charge is 0.394 e. The first-order chi connectivity index (χ1) is 8.15. The summed E-state index contributed by atoms with van der Waals surface area (Å²) in [6.07, 6.45) is 5.11. The molecule has 94 valence electrons. The quantitative estimate of drug-likeness (QED) is 0.782. The lowest BCUT2D eigenvalue weighted by Crippen LogP contribution is -2.51. The topological polar surface area (TPSA) is 62.2 Å². The summed E-state index contributed by atoms with van der Waals surface area (Å²) < 4.78 is 0. The van der Waals surface area contributed by atoms with Crippen LogP contribution in [0.2, 0.25) is 0 Å². The Balaban J connectivity index is 2.60. The Morgan fingerprint density at radius 1 is 1.35 bits per heavy atom. The highest BCUT2D eigenvalue weighted by molar-refractivity contribution is 5.79. The van der Waals surface area contributed by atoms with Crippen LogP contribution in [0.3, 0.4) is 0 Å². The molecule has 1 heterocycles. The number of pyridine rings is 1. The molecule has 0 aromatic carbocycles. The Bertz CT molecular complexity index is 339. The number of carbonyl (C=O) groups excluding carboxylic acids is 1. The number of nitrogens with zero attached hydrogens (tertiary/aromatic N) is 1. The van der Waals surface area contributed by atoms with E-state index < -0.39 is 5.54 Å². The van der Waals surface area contributed by atoms with Gasteiger partial charge in [-0.1, -0.05) is 13.8 Å². The molecule has 0 radical (unpaired) electrons. The molecule has 0 bridgehead atoms. The van der Waals surface area contributed by atoms with Crippen molar-refractivity contribution in [3.05, 3.63) is 30.1 Å². The monoisotopic (exact) mass is 236 g/mol. The van der Waals surface area contributed by atoms with E-state index in [-0.39, 0.29) is 12.5 Å². The summed E-state index contributed by atoms with van der Waals surface area (Å²) in [6.45, 7) is 3.90. The summed E-state index contributed by atoms with van der Waals surface area (Å²) in [7, 11) is 0. The Labute approximate surface area is 102 Å². The van der Waals surface area contributed by atoms with Gasteiger partial charge in [0, 0.05) is 12.4 Å². The lowest BCUT2D eigenvalue weighted by Gasteiger charge is -2.30. The van der Waals surface area contributed by atoms with Crippen molar-refractivity contribution in [2.75, 3.05) is 6.61 Å². The molecule has 17 heavy (non-hydrogen) atoms. The summed E-state index contributed by atoms with van der Waals surface area (Å²) in [6, 6.07) is 3.64. The molecule has 0 spiro atoms. The molecule has 1 rings (SSSR count). The number of amides is 1. The minimum Gasteiger partial charge on any atom is -0.394 e. The van der Waals surface area contributed by atoms with Gasteiger partial charge in [0.05, 0.1) is 18.6 Å². The fraction of sp³-hybridized carbons (Fsp3) is 0.538. The van der Waals surface area contributed by atoms with Gasteiger partial charge in [0.15, 0.2) is 0 Å². The average Bonchev–Trinajstić information content (AvgIpc) is 2.37. The third-order valence-corrected chi connectivity index (χ3v) is 3.17. The van der Waals surface area contributed by atoms with Crippen molar-refractivity contribution >= 4 is 5.91 Å². The van der Waals surface area contributed by atoms with Gasteiger partial charge in [-0.05, 0) is 30.5 Å². The number of hydrogen-bond donors (Lipinski definition) is 2. The molecule has 0 saturated heterocycles. The van der Waals surface area contributed by atoms with Crippen LogP contribution < -0.4 is 5.32 Å². The van der Waals surface area contributed by atoms with Crippen molar-refractivity contribution in [1.82, 2.24) is 10.3 Å². The number of rotatable bonds is 6. The molecule has 1 amide bonds. The van der Waals surface area contributed by atoms with E-state index in [0.29, 0.717) is 6.42 Å². The van der Waals surface area contributed by atoms with Crippen LogP contribution in [-0.4, -0.2) is 28.1 Å². The molecule has 0 aliphatic heterocycles. The molecule has 0 saturated carbocycles. The van der Waals surface area contributed by atoms with Crippen LogP contribution in [0.1, 0.15) is 32.3 Å². The van der Waals surface area contributed by atoms with Crippen LogP contribution in [0.4, 0.5) is 0 Å². The van der Waals surface area contributed by atoms with Crippen LogP contribution in [0.15, 0.2) is 24.5 Å². The molecule has 4 nitrogen and oxygen atoms in total. The van der Waals surface area contributed by atoms with Gasteiger partial charge in [0.25, 0.3) is 0 Å². The first kappa shape index (κ1) is 13.6. The lowest BCUT2D eigenvalue weighted by molar-refractivity contribution is -0.123. The molecule has 2 N–H and O–H groups in total. The van der Waals surface area contributed by atoms with Gasteiger partial charge >= 0.3 is 0 Å². The van der Waals surface area contributed by atoms with Crippen LogP contribution in [0.25, 0.3) is 0 Å². The second-order valence-electron chi connectivity index (χ2n) is 4.23. The van der Waals surface area contributed by atoms with Crippen LogP contribution in [-0.2, 0) is 11.2 Å². The molecule has 0 atom stereocenters. The van der Waals surface area contributed by atoms with Crippen molar-refractivity contribution in [1.29, 1.82) is 0 Å². The standard InChI is InChI=1S/C13H20N2O2/c1-3-13(4-2,10-16)15-12(17)9-11-5-7-14-8-6-11/h5-8,16H,3-4,9-10H2,1-2H3,(H,15,17). The third kappa shape index (κ3) is 3.82. The van der Waals surface area contributed by atoms with E-state index in [1.807, 2.05) is 26.0 Å². The molecule has 1 aromatic heterocycles. The number of hydrogen-bond acceptors (Lipinski definition) is 3. The highest BCUT2D eigenvalue weighted by Crippen LogP contribution is 2.14. The van der Waals surface area contributed by atoms with Gasteiger partial charge in [0.2, 0.25) is 5.91 Å². The fourth-order valence-electron chi connectivity index (χ4n) is 1.72. The third-order valence-electron chi connectivity index (χ3n) is 3.17. The van der Waals surface area contributed by atoms with Crippen LogP contribution in [0.5, 0.6) is 0 Å². The SMILES string of the molecule is CCC(CC)(CO)NC(=O)Cc1ccncc1. The molecule has 0 aliphatic rings. The molecule has 0 unspecified atom stereocenters. The maximum Gasteiger partial charge on any atom is 0.224 e. The van der Waals surface area contributed by atoms with Crippen LogP contribution in [0, 0.1) is 0 Å². The zero-order valence-electron chi connectivity index (χ0n) is 10.4. The van der Waals surface area contributed by atoms with Crippen molar-refractivity contribution in [2.45, 2.75) is 38.6 Å². The van der Waals surface area contributed by atoms with Gasteiger partial charge in [-0.3, -0.25) is 9.78 Å². The predicted octanol–water partition coefficient (Wildman–Crippen LogP) is 1.29. The van der Waals surface area contributed by atoms with E-state index in [1.165, 1.54) is 0 Å². The van der Waals surface area contributed by atoms with Crippen molar-refractivity contribution in [2.24, 2.45) is 0 Å². The van der Waals surface area contributed by atoms with Crippen molar-refractivity contribution in [3.63, 3.8) is 0 Å². The highest BCUT2D eigenvalue weighted by atomic mass is 16.3. The number of aromatic nitrogens is 1. The summed E-state index contributed by atoms with van der Waals surface area (Å²) in [5.41, 5.74) is 0.445. The van der Waals surface area contributed by atoms with Crippen molar-refractivity contribution < 1.29 is 9.90 Å². The van der Waals surface area contributed by atoms with E-state index in [1.54, 1.807) is 12.4 Å². The summed E-state index contributed by atoms with van der Waals surface area (Å²) in [4.78, 5) is 15.8. The molecule has 0 fully saturated rings. The Morgan fingerprint density at radius 3 is 2.41 bits per heavy atom. The maximum atomic E-state index is 11.9. The lowest BCUT2D eigenvalue weighted by atomic mass is 9.93. The van der Waals surface area contributed by atoms with E-state index in [4.69, 9.17) is 0 Å². The van der Waals surface area contributed by atoms with E-state index in [9.17, 15) is 9.90 Å². The minimum atomic E-state index is -0.482. The van der Waals surface area contributed by atoms with Gasteiger partial charge in [0.1, 0.15) is 0 Å². The molecule has 4 heteroatoms. The van der Waals surface area contributed by atoms with Gasteiger partial charge < -0.3 is 10.4 Å².